The van der Waals surface area contributed by atoms with E-state index in [4.69, 9.17) is 5.11 Å². The zero-order valence-corrected chi connectivity index (χ0v) is 17.2. The Balaban J connectivity index is 1.59. The Bertz CT molecular complexity index is 1050. The van der Waals surface area contributed by atoms with Crippen LogP contribution in [0, 0.1) is 0 Å². The smallest absolute Gasteiger partial charge is 0.303 e. The molecule has 6 nitrogen and oxygen atoms in total. The predicted molar refractivity (Wildman–Crippen MR) is 120 cm³/mol. The van der Waals surface area contributed by atoms with Gasteiger partial charge in [-0.3, -0.25) is 14.4 Å². The summed E-state index contributed by atoms with van der Waals surface area (Å²) in [4.78, 5) is 36.4. The van der Waals surface area contributed by atoms with E-state index >= 15 is 0 Å². The van der Waals surface area contributed by atoms with Crippen molar-refractivity contribution in [3.05, 3.63) is 83.9 Å². The molecule has 2 amide bonds. The van der Waals surface area contributed by atoms with Gasteiger partial charge in [-0.25, -0.2) is 0 Å². The second-order valence-electron chi connectivity index (χ2n) is 7.40. The fourth-order valence-corrected chi connectivity index (χ4v) is 3.38. The topological polar surface area (TPSA) is 95.5 Å². The molecule has 6 heteroatoms. The van der Waals surface area contributed by atoms with Gasteiger partial charge in [0.25, 0.3) is 5.91 Å². The summed E-state index contributed by atoms with van der Waals surface area (Å²) in [5.41, 5.74) is 1.61. The van der Waals surface area contributed by atoms with Crippen LogP contribution in [-0.2, 0) is 16.0 Å². The van der Waals surface area contributed by atoms with Gasteiger partial charge in [-0.1, -0.05) is 60.7 Å². The Hall–Kier alpha value is -3.67. The predicted octanol–water partition coefficient (Wildman–Crippen LogP) is 3.55. The number of aryl methyl sites for hydroxylation is 1. The highest BCUT2D eigenvalue weighted by atomic mass is 16.4. The molecular formula is C25H26N2O4. The Morgan fingerprint density at radius 2 is 1.58 bits per heavy atom. The molecule has 0 fully saturated rings. The van der Waals surface area contributed by atoms with E-state index in [2.05, 4.69) is 10.6 Å². The molecule has 0 saturated carbocycles. The normalized spacial score (nSPS) is 11.6. The molecule has 0 aliphatic carbocycles. The van der Waals surface area contributed by atoms with E-state index in [1.807, 2.05) is 60.7 Å². The first-order valence-electron chi connectivity index (χ1n) is 10.4. The van der Waals surface area contributed by atoms with Crippen LogP contribution in [0.3, 0.4) is 0 Å². The lowest BCUT2D eigenvalue weighted by Gasteiger charge is -2.18. The number of rotatable bonds is 10. The van der Waals surface area contributed by atoms with Crippen LogP contribution in [0.15, 0.2) is 72.8 Å². The van der Waals surface area contributed by atoms with Crippen molar-refractivity contribution in [2.24, 2.45) is 0 Å². The monoisotopic (exact) mass is 418 g/mol. The van der Waals surface area contributed by atoms with Crippen LogP contribution in [0.1, 0.15) is 35.2 Å². The van der Waals surface area contributed by atoms with Crippen molar-refractivity contribution < 1.29 is 19.5 Å². The number of nitrogens with one attached hydrogen (secondary N) is 2. The quantitative estimate of drug-likeness (QED) is 0.439. The number of aliphatic carboxylic acids is 1. The molecule has 0 aliphatic heterocycles. The van der Waals surface area contributed by atoms with E-state index in [-0.39, 0.29) is 18.7 Å². The van der Waals surface area contributed by atoms with E-state index in [0.29, 0.717) is 12.1 Å². The number of fused-ring (bicyclic) bond motifs is 1. The lowest BCUT2D eigenvalue weighted by atomic mass is 10.1. The molecule has 0 aliphatic rings. The number of carbonyl (C=O) groups is 3. The summed E-state index contributed by atoms with van der Waals surface area (Å²) in [6, 6.07) is 22.0. The molecule has 160 valence electrons. The van der Waals surface area contributed by atoms with E-state index < -0.39 is 17.9 Å². The highest BCUT2D eigenvalue weighted by Crippen LogP contribution is 2.16. The summed E-state index contributed by atoms with van der Waals surface area (Å²) < 4.78 is 0. The van der Waals surface area contributed by atoms with Crippen LogP contribution in [0.4, 0.5) is 0 Å². The summed E-state index contributed by atoms with van der Waals surface area (Å²) in [5, 5.41) is 16.5. The van der Waals surface area contributed by atoms with Crippen molar-refractivity contribution in [3.8, 4) is 0 Å². The molecule has 3 N–H and O–H groups in total. The van der Waals surface area contributed by atoms with Crippen LogP contribution in [0.2, 0.25) is 0 Å². The van der Waals surface area contributed by atoms with E-state index in [1.54, 1.807) is 12.1 Å². The van der Waals surface area contributed by atoms with Crippen LogP contribution in [0.25, 0.3) is 10.8 Å². The SMILES string of the molecule is O=C(O)CC[C@H](NC(=O)c1ccc2ccccc2c1)C(=O)NCCCc1ccccc1. The first kappa shape index (κ1) is 22.0. The fraction of sp³-hybridized carbons (Fsp3) is 0.240. The highest BCUT2D eigenvalue weighted by molar-refractivity contribution is 6.00. The van der Waals surface area contributed by atoms with Gasteiger partial charge in [0.1, 0.15) is 6.04 Å². The van der Waals surface area contributed by atoms with Crippen molar-refractivity contribution in [3.63, 3.8) is 0 Å². The number of amides is 2. The number of carbonyl (C=O) groups excluding carboxylic acids is 2. The van der Waals surface area contributed by atoms with Gasteiger partial charge in [-0.2, -0.15) is 0 Å². The van der Waals surface area contributed by atoms with Gasteiger partial charge in [0.05, 0.1) is 0 Å². The van der Waals surface area contributed by atoms with E-state index in [9.17, 15) is 14.4 Å². The molecule has 0 spiro atoms. The van der Waals surface area contributed by atoms with Crippen molar-refractivity contribution in [1.29, 1.82) is 0 Å². The lowest BCUT2D eigenvalue weighted by molar-refractivity contribution is -0.137. The Labute approximate surface area is 181 Å². The summed E-state index contributed by atoms with van der Waals surface area (Å²) in [5.74, 6) is -1.79. The molecule has 3 aromatic carbocycles. The average molecular weight is 418 g/mol. The minimum atomic E-state index is -1.01. The fourth-order valence-electron chi connectivity index (χ4n) is 3.38. The van der Waals surface area contributed by atoms with Gasteiger partial charge in [0.2, 0.25) is 5.91 Å². The maximum absolute atomic E-state index is 12.7. The first-order chi connectivity index (χ1) is 15.0. The summed E-state index contributed by atoms with van der Waals surface area (Å²) in [7, 11) is 0. The molecule has 0 aromatic heterocycles. The van der Waals surface area contributed by atoms with Crippen LogP contribution in [0.5, 0.6) is 0 Å². The minimum Gasteiger partial charge on any atom is -0.481 e. The number of hydrogen-bond donors (Lipinski definition) is 3. The van der Waals surface area contributed by atoms with Crippen molar-refractivity contribution in [2.75, 3.05) is 6.54 Å². The van der Waals surface area contributed by atoms with Crippen molar-refractivity contribution in [2.45, 2.75) is 31.7 Å². The number of carboxylic acid groups (broad SMARTS) is 1. The van der Waals surface area contributed by atoms with Gasteiger partial charge < -0.3 is 15.7 Å². The standard InChI is InChI=1S/C25H26N2O4/c28-23(29)15-14-22(25(31)26-16-6-9-18-7-2-1-3-8-18)27-24(30)21-13-12-19-10-4-5-11-20(19)17-21/h1-5,7-8,10-13,17,22H,6,9,14-16H2,(H,26,31)(H,27,30)(H,28,29)/t22-/m0/s1. The molecule has 3 aromatic rings. The van der Waals surface area contributed by atoms with Crippen molar-refractivity contribution in [1.82, 2.24) is 10.6 Å². The van der Waals surface area contributed by atoms with Crippen LogP contribution in [-0.4, -0.2) is 35.5 Å². The van der Waals surface area contributed by atoms with Crippen molar-refractivity contribution >= 4 is 28.6 Å². The number of carboxylic acids is 1. The van der Waals surface area contributed by atoms with E-state index in [0.717, 1.165) is 23.6 Å². The molecular weight excluding hydrogens is 392 g/mol. The Morgan fingerprint density at radius 1 is 0.871 bits per heavy atom. The Kier molecular flexibility index (Phi) is 7.76. The maximum atomic E-state index is 12.7. The van der Waals surface area contributed by atoms with E-state index in [1.165, 1.54) is 5.56 Å². The zero-order valence-electron chi connectivity index (χ0n) is 17.2. The molecule has 0 unspecified atom stereocenters. The second-order valence-corrected chi connectivity index (χ2v) is 7.40. The van der Waals surface area contributed by atoms with Gasteiger partial charge in [0.15, 0.2) is 0 Å². The third kappa shape index (κ3) is 6.67. The van der Waals surface area contributed by atoms with Crippen LogP contribution >= 0.6 is 0 Å². The minimum absolute atomic E-state index is 0.0270. The molecule has 0 radical (unpaired) electrons. The molecule has 0 bridgehead atoms. The lowest BCUT2D eigenvalue weighted by Crippen LogP contribution is -2.47. The molecule has 31 heavy (non-hydrogen) atoms. The first-order valence-corrected chi connectivity index (χ1v) is 10.4. The van der Waals surface area contributed by atoms with Gasteiger partial charge >= 0.3 is 5.97 Å². The average Bonchev–Trinajstić information content (AvgIpc) is 2.79. The Morgan fingerprint density at radius 3 is 2.32 bits per heavy atom. The second kappa shape index (κ2) is 10.9. The summed E-state index contributed by atoms with van der Waals surface area (Å²) in [6.07, 6.45) is 1.39. The molecule has 0 heterocycles. The summed E-state index contributed by atoms with van der Waals surface area (Å²) in [6.45, 7) is 0.448. The maximum Gasteiger partial charge on any atom is 0.303 e. The third-order valence-corrected chi connectivity index (χ3v) is 5.06. The largest absolute Gasteiger partial charge is 0.481 e. The third-order valence-electron chi connectivity index (χ3n) is 5.06. The highest BCUT2D eigenvalue weighted by Gasteiger charge is 2.22. The van der Waals surface area contributed by atoms with Crippen LogP contribution < -0.4 is 10.6 Å². The van der Waals surface area contributed by atoms with Gasteiger partial charge in [0, 0.05) is 18.5 Å². The van der Waals surface area contributed by atoms with Gasteiger partial charge in [-0.15, -0.1) is 0 Å². The number of hydrogen-bond acceptors (Lipinski definition) is 3. The summed E-state index contributed by atoms with van der Waals surface area (Å²) >= 11 is 0. The zero-order chi connectivity index (χ0) is 22.1. The molecule has 1 atom stereocenters. The van der Waals surface area contributed by atoms with Gasteiger partial charge in [-0.05, 0) is 47.7 Å². The number of benzene rings is 3. The molecule has 3 rings (SSSR count). The molecule has 0 saturated heterocycles.